The minimum Gasteiger partial charge on any atom is -0.497 e. The van der Waals surface area contributed by atoms with Gasteiger partial charge in [-0.2, -0.15) is 4.98 Å². The Morgan fingerprint density at radius 2 is 1.87 bits per heavy atom. The first-order chi connectivity index (χ1) is 21.2. The molecule has 1 aromatic carbocycles. The van der Waals surface area contributed by atoms with Crippen LogP contribution >= 0.6 is 11.6 Å². The van der Waals surface area contributed by atoms with Crippen molar-refractivity contribution < 1.29 is 18.7 Å². The average molecular weight is 637 g/mol. The highest BCUT2D eigenvalue weighted by Crippen LogP contribution is 2.37. The molecule has 1 atom stereocenters. The van der Waals surface area contributed by atoms with Gasteiger partial charge in [-0.3, -0.25) is 4.98 Å². The minimum atomic E-state index is -0.624. The van der Waals surface area contributed by atoms with Crippen LogP contribution in [0.25, 0.3) is 28.0 Å². The van der Waals surface area contributed by atoms with Gasteiger partial charge in [0.05, 0.1) is 34.6 Å². The zero-order valence-corrected chi connectivity index (χ0v) is 27.6. The van der Waals surface area contributed by atoms with Crippen molar-refractivity contribution in [2.24, 2.45) is 0 Å². The Morgan fingerprint density at radius 1 is 1.13 bits per heavy atom. The number of halogens is 2. The highest BCUT2D eigenvalue weighted by molar-refractivity contribution is 6.34. The summed E-state index contributed by atoms with van der Waals surface area (Å²) >= 11 is 6.84. The summed E-state index contributed by atoms with van der Waals surface area (Å²) in [6.45, 7) is 14.4. The van der Waals surface area contributed by atoms with Crippen LogP contribution in [-0.2, 0) is 4.74 Å². The third kappa shape index (κ3) is 6.31. The number of rotatable bonds is 5. The first-order valence-electron chi connectivity index (χ1n) is 14.9. The lowest BCUT2D eigenvalue weighted by atomic mass is 10.0. The second-order valence-electron chi connectivity index (χ2n) is 12.6. The molecular weight excluding hydrogens is 599 g/mol. The van der Waals surface area contributed by atoms with Crippen molar-refractivity contribution in [2.45, 2.75) is 66.0 Å². The van der Waals surface area contributed by atoms with Crippen LogP contribution in [0.5, 0.6) is 5.75 Å². The van der Waals surface area contributed by atoms with Gasteiger partial charge >= 0.3 is 11.8 Å². The number of carbonyl (C=O) groups excluding carboxylic acids is 1. The Balaban J connectivity index is 1.74. The predicted octanol–water partition coefficient (Wildman–Crippen LogP) is 6.52. The molecule has 45 heavy (non-hydrogen) atoms. The van der Waals surface area contributed by atoms with Crippen LogP contribution < -0.4 is 15.3 Å². The monoisotopic (exact) mass is 636 g/mol. The molecule has 4 heterocycles. The fourth-order valence-electron chi connectivity index (χ4n) is 5.58. The van der Waals surface area contributed by atoms with Gasteiger partial charge in [-0.05, 0) is 76.4 Å². The Kier molecular flexibility index (Phi) is 8.77. The number of methoxy groups -OCH3 is 1. The number of anilines is 1. The van der Waals surface area contributed by atoms with Crippen molar-refractivity contribution in [3.05, 3.63) is 69.1 Å². The molecule has 0 bridgehead atoms. The van der Waals surface area contributed by atoms with Gasteiger partial charge in [-0.15, -0.1) is 0 Å². The standard InChI is InChI=1S/C33H38ClFN6O4/c1-18(2)26-28(19(3)11-12-36-26)41-30-23(16-24(34)27(37-30)22-15-21(44-8)9-10-25(22)35)29(38-31(41)42)40-14-13-39(17-20(40)4)32(43)45-33(5,6)7/h9-12,15-16,18,20H,13-14,17H2,1-8H3. The van der Waals surface area contributed by atoms with Crippen molar-refractivity contribution >= 4 is 34.5 Å². The van der Waals surface area contributed by atoms with Gasteiger partial charge in [0.1, 0.15) is 23.0 Å². The first-order valence-corrected chi connectivity index (χ1v) is 15.3. The van der Waals surface area contributed by atoms with Crippen LogP contribution in [0.1, 0.15) is 58.7 Å². The van der Waals surface area contributed by atoms with Crippen LogP contribution in [-0.4, -0.2) is 68.9 Å². The van der Waals surface area contributed by atoms with Crippen molar-refractivity contribution in [2.75, 3.05) is 31.6 Å². The van der Waals surface area contributed by atoms with E-state index in [1.807, 2.05) is 59.4 Å². The van der Waals surface area contributed by atoms with E-state index in [2.05, 4.69) is 9.97 Å². The molecule has 0 saturated carbocycles. The maximum Gasteiger partial charge on any atom is 0.410 e. The largest absolute Gasteiger partial charge is 0.497 e. The maximum atomic E-state index is 15.2. The van der Waals surface area contributed by atoms with Gasteiger partial charge in [0, 0.05) is 37.4 Å². The SMILES string of the molecule is COc1ccc(F)c(-c2nc3c(cc2Cl)c(N2CCN(C(=O)OC(C)(C)C)CC2C)nc(=O)n3-c2c(C)ccnc2C(C)C)c1. The quantitative estimate of drug-likeness (QED) is 0.244. The van der Waals surface area contributed by atoms with Crippen LogP contribution in [0.2, 0.25) is 5.02 Å². The number of piperazine rings is 1. The van der Waals surface area contributed by atoms with E-state index in [1.165, 1.54) is 29.9 Å². The summed E-state index contributed by atoms with van der Waals surface area (Å²) in [5.41, 5.74) is 1.41. The minimum absolute atomic E-state index is 0.0231. The van der Waals surface area contributed by atoms with Gasteiger partial charge < -0.3 is 19.3 Å². The lowest BCUT2D eigenvalue weighted by Crippen LogP contribution is -2.55. The van der Waals surface area contributed by atoms with E-state index in [0.717, 1.165) is 5.56 Å². The van der Waals surface area contributed by atoms with Crippen molar-refractivity contribution in [1.29, 1.82) is 0 Å². The summed E-state index contributed by atoms with van der Waals surface area (Å²) in [6, 6.07) is 7.59. The number of pyridine rings is 2. The Labute approximate surface area is 266 Å². The fraction of sp³-hybridized carbons (Fsp3) is 0.424. The lowest BCUT2D eigenvalue weighted by Gasteiger charge is -2.41. The van der Waals surface area contributed by atoms with Gasteiger partial charge in [0.2, 0.25) is 0 Å². The number of hydrogen-bond acceptors (Lipinski definition) is 8. The van der Waals surface area contributed by atoms with Crippen LogP contribution in [0.15, 0.2) is 41.3 Å². The van der Waals surface area contributed by atoms with Gasteiger partial charge in [0.25, 0.3) is 0 Å². The second-order valence-corrected chi connectivity index (χ2v) is 13.0. The molecule has 12 heteroatoms. The second kappa shape index (κ2) is 12.3. The van der Waals surface area contributed by atoms with Crippen molar-refractivity contribution in [1.82, 2.24) is 24.4 Å². The third-order valence-corrected chi connectivity index (χ3v) is 7.99. The molecule has 1 fully saturated rings. The number of carbonyl (C=O) groups is 1. The van der Waals surface area contributed by atoms with Gasteiger partial charge in [-0.1, -0.05) is 25.4 Å². The zero-order valence-electron chi connectivity index (χ0n) is 26.8. The number of nitrogens with zero attached hydrogens (tertiary/aromatic N) is 6. The van der Waals surface area contributed by atoms with Crippen LogP contribution in [0.4, 0.5) is 15.0 Å². The molecule has 5 rings (SSSR count). The van der Waals surface area contributed by atoms with E-state index in [-0.39, 0.29) is 33.9 Å². The summed E-state index contributed by atoms with van der Waals surface area (Å²) in [6.07, 6.45) is 1.31. The molecule has 1 saturated heterocycles. The number of benzene rings is 1. The molecule has 4 aromatic rings. The molecule has 0 radical (unpaired) electrons. The third-order valence-electron chi connectivity index (χ3n) is 7.71. The first kappa shape index (κ1) is 32.2. The molecule has 238 valence electrons. The number of ether oxygens (including phenoxy) is 2. The molecular formula is C33H38ClFN6O4. The topological polar surface area (TPSA) is 103 Å². The molecule has 10 nitrogen and oxygen atoms in total. The van der Waals surface area contributed by atoms with E-state index in [0.29, 0.717) is 48.0 Å². The predicted molar refractivity (Wildman–Crippen MR) is 173 cm³/mol. The molecule has 1 aliphatic rings. The van der Waals surface area contributed by atoms with Crippen molar-refractivity contribution in [3.8, 4) is 22.7 Å². The number of hydrogen-bond donors (Lipinski definition) is 0. The smallest absolute Gasteiger partial charge is 0.410 e. The molecule has 1 amide bonds. The summed E-state index contributed by atoms with van der Waals surface area (Å²) in [4.78, 5) is 44.6. The van der Waals surface area contributed by atoms with E-state index in [4.69, 9.17) is 26.1 Å². The van der Waals surface area contributed by atoms with E-state index >= 15 is 4.39 Å². The van der Waals surface area contributed by atoms with Crippen molar-refractivity contribution in [3.63, 3.8) is 0 Å². The molecule has 0 aliphatic carbocycles. The highest BCUT2D eigenvalue weighted by Gasteiger charge is 2.33. The fourth-order valence-corrected chi connectivity index (χ4v) is 5.83. The van der Waals surface area contributed by atoms with Gasteiger partial charge in [0.15, 0.2) is 5.65 Å². The summed E-state index contributed by atoms with van der Waals surface area (Å²) in [5.74, 6) is 0.242. The number of amides is 1. The molecule has 1 unspecified atom stereocenters. The van der Waals surface area contributed by atoms with Crippen LogP contribution in [0, 0.1) is 12.7 Å². The number of aromatic nitrogens is 4. The average Bonchev–Trinajstić information content (AvgIpc) is 2.96. The Bertz CT molecular complexity index is 1840. The number of aryl methyl sites for hydroxylation is 1. The lowest BCUT2D eigenvalue weighted by molar-refractivity contribution is 0.0218. The Hall–Kier alpha value is -4.25. The summed E-state index contributed by atoms with van der Waals surface area (Å²) in [7, 11) is 1.49. The normalized spacial score (nSPS) is 15.6. The molecule has 0 N–H and O–H groups in total. The van der Waals surface area contributed by atoms with E-state index in [9.17, 15) is 9.59 Å². The van der Waals surface area contributed by atoms with E-state index < -0.39 is 23.2 Å². The highest BCUT2D eigenvalue weighted by atomic mass is 35.5. The van der Waals surface area contributed by atoms with E-state index in [1.54, 1.807) is 17.2 Å². The summed E-state index contributed by atoms with van der Waals surface area (Å²) < 4.78 is 27.6. The molecule has 3 aromatic heterocycles. The molecule has 0 spiro atoms. The zero-order chi connectivity index (χ0) is 32.8. The van der Waals surface area contributed by atoms with Crippen LogP contribution in [0.3, 0.4) is 0 Å². The Morgan fingerprint density at radius 3 is 2.51 bits per heavy atom. The maximum absolute atomic E-state index is 15.2. The van der Waals surface area contributed by atoms with Gasteiger partial charge in [-0.25, -0.2) is 23.5 Å². The molecule has 1 aliphatic heterocycles. The summed E-state index contributed by atoms with van der Waals surface area (Å²) in [5, 5.41) is 0.678. The number of fused-ring (bicyclic) bond motifs is 1.